The highest BCUT2D eigenvalue weighted by Gasteiger charge is 2.20. The number of nitriles is 1. The van der Waals surface area contributed by atoms with Gasteiger partial charge >= 0.3 is 6.03 Å². The minimum atomic E-state index is -0.209. The van der Waals surface area contributed by atoms with Crippen LogP contribution in [0.15, 0.2) is 42.5 Å². The van der Waals surface area contributed by atoms with Crippen LogP contribution in [0.4, 0.5) is 10.5 Å². The van der Waals surface area contributed by atoms with Gasteiger partial charge in [-0.05, 0) is 49.6 Å². The number of hydrogen-bond acceptors (Lipinski definition) is 4. The van der Waals surface area contributed by atoms with Crippen LogP contribution < -0.4 is 20.5 Å². The quantitative estimate of drug-likeness (QED) is 0.487. The van der Waals surface area contributed by atoms with E-state index in [1.165, 1.54) is 5.01 Å². The molecule has 3 rings (SSSR count). The van der Waals surface area contributed by atoms with E-state index in [9.17, 15) is 10.1 Å². The molecule has 0 saturated heterocycles. The van der Waals surface area contributed by atoms with Crippen molar-refractivity contribution in [3.05, 3.63) is 48.0 Å². The van der Waals surface area contributed by atoms with Crippen molar-refractivity contribution in [2.24, 2.45) is 0 Å². The predicted octanol–water partition coefficient (Wildman–Crippen LogP) is 5.05. The molecule has 1 heterocycles. The summed E-state index contributed by atoms with van der Waals surface area (Å²) in [4.78, 5) is 12.6. The molecule has 2 N–H and O–H groups in total. The molecule has 2 amide bonds. The summed E-state index contributed by atoms with van der Waals surface area (Å²) in [5, 5.41) is 15.3. The second-order valence-electron chi connectivity index (χ2n) is 7.73. The first-order valence-electron chi connectivity index (χ1n) is 11.0. The van der Waals surface area contributed by atoms with Crippen LogP contribution in [-0.4, -0.2) is 30.8 Å². The topological polar surface area (TPSA) is 82.3 Å². The first-order valence-corrected chi connectivity index (χ1v) is 11.0. The van der Waals surface area contributed by atoms with E-state index in [-0.39, 0.29) is 12.1 Å². The Morgan fingerprint density at radius 3 is 2.50 bits per heavy atom. The zero-order chi connectivity index (χ0) is 23.3. The van der Waals surface area contributed by atoms with Gasteiger partial charge in [0.2, 0.25) is 0 Å². The summed E-state index contributed by atoms with van der Waals surface area (Å²) in [5.41, 5.74) is 7.09. The van der Waals surface area contributed by atoms with Gasteiger partial charge in [-0.1, -0.05) is 26.0 Å². The Bertz CT molecular complexity index is 1130. The smallest absolute Gasteiger partial charge is 0.336 e. The largest absolute Gasteiger partial charge is 0.497 e. The lowest BCUT2D eigenvalue weighted by molar-refractivity contribution is 0.241. The Morgan fingerprint density at radius 2 is 1.94 bits per heavy atom. The Morgan fingerprint density at radius 1 is 1.22 bits per heavy atom. The van der Waals surface area contributed by atoms with Crippen LogP contribution in [0.25, 0.3) is 22.2 Å². The number of aromatic nitrogens is 1. The second kappa shape index (κ2) is 10.2. The zero-order valence-electron chi connectivity index (χ0n) is 19.4. The summed E-state index contributed by atoms with van der Waals surface area (Å²) < 4.78 is 7.59. The molecule has 0 aliphatic rings. The summed E-state index contributed by atoms with van der Waals surface area (Å²) in [6.07, 6.45) is 1.78. The van der Waals surface area contributed by atoms with Crippen LogP contribution in [-0.2, 0) is 6.54 Å². The number of aryl methyl sites for hydroxylation is 1. The number of fused-ring (bicyclic) bond motifs is 1. The lowest BCUT2D eigenvalue weighted by atomic mass is 10.1. The highest BCUT2D eigenvalue weighted by Crippen LogP contribution is 2.36. The minimum absolute atomic E-state index is 0.0811. The van der Waals surface area contributed by atoms with Gasteiger partial charge in [0.05, 0.1) is 29.6 Å². The summed E-state index contributed by atoms with van der Waals surface area (Å²) in [6, 6.07) is 15.8. The molecule has 7 heteroatoms. The van der Waals surface area contributed by atoms with Gasteiger partial charge < -0.3 is 14.6 Å². The molecular formula is C25H31N5O2. The third-order valence-electron chi connectivity index (χ3n) is 5.64. The molecule has 0 bridgehead atoms. The van der Waals surface area contributed by atoms with E-state index in [1.54, 1.807) is 14.2 Å². The minimum Gasteiger partial charge on any atom is -0.497 e. The van der Waals surface area contributed by atoms with E-state index < -0.39 is 0 Å². The number of urea groups is 1. The van der Waals surface area contributed by atoms with E-state index in [0.29, 0.717) is 5.56 Å². The lowest BCUT2D eigenvalue weighted by Gasteiger charge is -2.24. The van der Waals surface area contributed by atoms with Gasteiger partial charge in [-0.2, -0.15) is 5.26 Å². The number of anilines is 1. The van der Waals surface area contributed by atoms with Gasteiger partial charge in [0.15, 0.2) is 0 Å². The van der Waals surface area contributed by atoms with Gasteiger partial charge in [0, 0.05) is 31.1 Å². The average Bonchev–Trinajstić information content (AvgIpc) is 3.12. The molecule has 0 radical (unpaired) electrons. The number of carbonyl (C=O) groups is 1. The lowest BCUT2D eigenvalue weighted by Crippen LogP contribution is -2.49. The van der Waals surface area contributed by atoms with Gasteiger partial charge in [-0.3, -0.25) is 0 Å². The van der Waals surface area contributed by atoms with Crippen molar-refractivity contribution in [2.75, 3.05) is 19.2 Å². The summed E-state index contributed by atoms with van der Waals surface area (Å²) in [5.74, 6) is 0.760. The Hall–Kier alpha value is -3.50. The monoisotopic (exact) mass is 433 g/mol. The number of carbonyl (C=O) groups excluding carboxylic acids is 1. The summed E-state index contributed by atoms with van der Waals surface area (Å²) >= 11 is 0. The molecule has 0 aliphatic carbocycles. The molecule has 32 heavy (non-hydrogen) atoms. The van der Waals surface area contributed by atoms with E-state index in [1.807, 2.05) is 56.3 Å². The Labute approximate surface area is 189 Å². The van der Waals surface area contributed by atoms with E-state index >= 15 is 0 Å². The predicted molar refractivity (Wildman–Crippen MR) is 129 cm³/mol. The van der Waals surface area contributed by atoms with Crippen molar-refractivity contribution in [3.8, 4) is 23.1 Å². The maximum atomic E-state index is 12.6. The highest BCUT2D eigenvalue weighted by molar-refractivity contribution is 5.96. The summed E-state index contributed by atoms with van der Waals surface area (Å²) in [7, 11) is 3.36. The fraction of sp³-hybridized carbons (Fsp3) is 0.360. The van der Waals surface area contributed by atoms with Crippen LogP contribution >= 0.6 is 0 Å². The third-order valence-corrected chi connectivity index (χ3v) is 5.64. The molecule has 7 nitrogen and oxygen atoms in total. The van der Waals surface area contributed by atoms with Crippen LogP contribution in [0, 0.1) is 11.3 Å². The number of ether oxygens (including phenoxy) is 1. The third kappa shape index (κ3) is 4.41. The average molecular weight is 434 g/mol. The van der Waals surface area contributed by atoms with Crippen molar-refractivity contribution in [1.82, 2.24) is 15.3 Å². The van der Waals surface area contributed by atoms with Crippen LogP contribution in [0.3, 0.4) is 0 Å². The molecule has 1 aromatic heterocycles. The Balaban J connectivity index is 2.06. The van der Waals surface area contributed by atoms with Crippen molar-refractivity contribution >= 4 is 22.6 Å². The van der Waals surface area contributed by atoms with Crippen molar-refractivity contribution in [1.29, 1.82) is 5.26 Å². The van der Waals surface area contributed by atoms with Crippen LogP contribution in [0.2, 0.25) is 0 Å². The van der Waals surface area contributed by atoms with Crippen LogP contribution in [0.1, 0.15) is 39.2 Å². The number of methoxy groups -OCH3 is 1. The first kappa shape index (κ1) is 23.2. The van der Waals surface area contributed by atoms with E-state index in [4.69, 9.17) is 4.74 Å². The SMILES string of the molecule is CCCn1c(-c2ccc(N(NC)C(=O)NC(C)CC)cc2)c(C#N)c2ccc(OC)cc21. The Kier molecular flexibility index (Phi) is 7.39. The van der Waals surface area contributed by atoms with Crippen molar-refractivity contribution in [2.45, 2.75) is 46.2 Å². The molecule has 1 unspecified atom stereocenters. The van der Waals surface area contributed by atoms with Gasteiger partial charge in [-0.15, -0.1) is 0 Å². The van der Waals surface area contributed by atoms with Gasteiger partial charge in [0.1, 0.15) is 11.8 Å². The van der Waals surface area contributed by atoms with E-state index in [0.717, 1.165) is 53.0 Å². The molecular weight excluding hydrogens is 402 g/mol. The molecule has 0 saturated carbocycles. The zero-order valence-corrected chi connectivity index (χ0v) is 19.4. The van der Waals surface area contributed by atoms with Crippen molar-refractivity contribution < 1.29 is 9.53 Å². The number of hydrogen-bond donors (Lipinski definition) is 2. The van der Waals surface area contributed by atoms with E-state index in [2.05, 4.69) is 28.3 Å². The summed E-state index contributed by atoms with van der Waals surface area (Å²) in [6.45, 7) is 6.90. The first-order chi connectivity index (χ1) is 15.5. The number of benzene rings is 2. The number of nitrogens with zero attached hydrogens (tertiary/aromatic N) is 3. The van der Waals surface area contributed by atoms with Gasteiger partial charge in [-0.25, -0.2) is 15.2 Å². The number of nitrogens with one attached hydrogen (secondary N) is 2. The molecule has 0 fully saturated rings. The number of rotatable bonds is 8. The fourth-order valence-electron chi connectivity index (χ4n) is 3.82. The second-order valence-corrected chi connectivity index (χ2v) is 7.73. The molecule has 0 spiro atoms. The number of hydrazine groups is 1. The van der Waals surface area contributed by atoms with Crippen LogP contribution in [0.5, 0.6) is 5.75 Å². The maximum absolute atomic E-state index is 12.6. The number of amides is 2. The van der Waals surface area contributed by atoms with Gasteiger partial charge in [0.25, 0.3) is 0 Å². The maximum Gasteiger partial charge on any atom is 0.336 e. The standard InChI is InChI=1S/C25H31N5O2/c1-6-14-29-23-15-20(32-5)12-13-21(23)22(16-26)24(29)18-8-10-19(11-9-18)30(27-4)25(31)28-17(3)7-2/h8-13,15,17,27H,6-7,14H2,1-5H3,(H,28,31). The molecule has 1 atom stereocenters. The molecule has 2 aromatic carbocycles. The molecule has 168 valence electrons. The van der Waals surface area contributed by atoms with Crippen molar-refractivity contribution in [3.63, 3.8) is 0 Å². The molecule has 0 aliphatic heterocycles. The fourth-order valence-corrected chi connectivity index (χ4v) is 3.82. The highest BCUT2D eigenvalue weighted by atomic mass is 16.5. The molecule has 3 aromatic rings. The normalized spacial score (nSPS) is 11.8.